The van der Waals surface area contributed by atoms with Gasteiger partial charge in [0.2, 0.25) is 0 Å². The van der Waals surface area contributed by atoms with E-state index in [1.54, 1.807) is 11.3 Å². The Morgan fingerprint density at radius 1 is 1.33 bits per heavy atom. The number of nitrogens with zero attached hydrogens (tertiary/aromatic N) is 2. The van der Waals surface area contributed by atoms with Crippen LogP contribution in [-0.2, 0) is 19.4 Å². The molecule has 1 N–H and O–H groups in total. The number of aryl methyl sites for hydroxylation is 2. The minimum Gasteiger partial charge on any atom is -0.309 e. The molecule has 0 unspecified atom stereocenters. The van der Waals surface area contributed by atoms with Crippen LogP contribution < -0.4 is 5.56 Å². The predicted molar refractivity (Wildman–Crippen MR) is 86.0 cm³/mol. The molecular weight excluding hydrogens is 282 g/mol. The third kappa shape index (κ3) is 2.32. The number of thiophene rings is 1. The molecule has 21 heavy (non-hydrogen) atoms. The summed E-state index contributed by atoms with van der Waals surface area (Å²) in [7, 11) is 0. The van der Waals surface area contributed by atoms with Crippen LogP contribution in [0.5, 0.6) is 0 Å². The van der Waals surface area contributed by atoms with E-state index < -0.39 is 0 Å². The fourth-order valence-electron chi connectivity index (χ4n) is 3.71. The van der Waals surface area contributed by atoms with Gasteiger partial charge in [-0.2, -0.15) is 0 Å². The molecule has 0 saturated carbocycles. The zero-order valence-electron chi connectivity index (χ0n) is 12.4. The van der Waals surface area contributed by atoms with Crippen molar-refractivity contribution >= 4 is 21.6 Å². The van der Waals surface area contributed by atoms with Gasteiger partial charge in [0.15, 0.2) is 0 Å². The standard InChI is InChI=1S/C16H21N3OS/c1-10-5-2-3-8-19(10)9-13-17-15(20)14-11-6-4-7-12(11)21-16(14)18-13/h10H,2-9H2,1H3,(H,17,18,20)/t10-/m0/s1. The van der Waals surface area contributed by atoms with Crippen molar-refractivity contribution in [3.05, 3.63) is 26.6 Å². The maximum Gasteiger partial charge on any atom is 0.259 e. The second kappa shape index (κ2) is 5.21. The van der Waals surface area contributed by atoms with Crippen LogP contribution in [0.3, 0.4) is 0 Å². The van der Waals surface area contributed by atoms with E-state index in [9.17, 15) is 4.79 Å². The highest BCUT2D eigenvalue weighted by molar-refractivity contribution is 7.18. The molecule has 1 aliphatic carbocycles. The van der Waals surface area contributed by atoms with Gasteiger partial charge in [0.1, 0.15) is 10.7 Å². The van der Waals surface area contributed by atoms with Gasteiger partial charge in [0.25, 0.3) is 5.56 Å². The van der Waals surface area contributed by atoms with Crippen molar-refractivity contribution in [1.82, 2.24) is 14.9 Å². The smallest absolute Gasteiger partial charge is 0.259 e. The van der Waals surface area contributed by atoms with Crippen molar-refractivity contribution in [3.8, 4) is 0 Å². The van der Waals surface area contributed by atoms with E-state index in [0.29, 0.717) is 6.04 Å². The van der Waals surface area contributed by atoms with Gasteiger partial charge in [0.05, 0.1) is 11.9 Å². The van der Waals surface area contributed by atoms with Crippen LogP contribution in [0.1, 0.15) is 48.9 Å². The van der Waals surface area contributed by atoms with E-state index in [0.717, 1.165) is 42.0 Å². The molecule has 0 aromatic carbocycles. The van der Waals surface area contributed by atoms with Gasteiger partial charge < -0.3 is 4.98 Å². The molecule has 1 saturated heterocycles. The fraction of sp³-hybridized carbons (Fsp3) is 0.625. The summed E-state index contributed by atoms with van der Waals surface area (Å²) in [6.45, 7) is 4.16. The molecule has 1 fully saturated rings. The normalized spacial score (nSPS) is 22.8. The molecule has 112 valence electrons. The Balaban J connectivity index is 1.69. The largest absolute Gasteiger partial charge is 0.309 e. The van der Waals surface area contributed by atoms with E-state index in [-0.39, 0.29) is 5.56 Å². The lowest BCUT2D eigenvalue weighted by molar-refractivity contribution is 0.149. The van der Waals surface area contributed by atoms with Gasteiger partial charge in [-0.25, -0.2) is 4.98 Å². The summed E-state index contributed by atoms with van der Waals surface area (Å²) < 4.78 is 0. The number of nitrogens with one attached hydrogen (secondary N) is 1. The van der Waals surface area contributed by atoms with Gasteiger partial charge in [-0.1, -0.05) is 6.42 Å². The first kappa shape index (κ1) is 13.5. The lowest BCUT2D eigenvalue weighted by Crippen LogP contribution is -2.37. The molecule has 0 bridgehead atoms. The van der Waals surface area contributed by atoms with Crippen LogP contribution in [0.15, 0.2) is 4.79 Å². The van der Waals surface area contributed by atoms with Crippen molar-refractivity contribution < 1.29 is 0 Å². The summed E-state index contributed by atoms with van der Waals surface area (Å²) in [6, 6.07) is 0.591. The fourth-order valence-corrected chi connectivity index (χ4v) is 4.99. The van der Waals surface area contributed by atoms with Crippen molar-refractivity contribution in [3.63, 3.8) is 0 Å². The predicted octanol–water partition coefficient (Wildman–Crippen LogP) is 2.85. The third-order valence-electron chi connectivity index (χ3n) is 4.92. The third-order valence-corrected chi connectivity index (χ3v) is 6.10. The number of hydrogen-bond donors (Lipinski definition) is 1. The first-order valence-electron chi connectivity index (χ1n) is 8.00. The molecule has 1 atom stereocenters. The lowest BCUT2D eigenvalue weighted by Gasteiger charge is -2.32. The number of fused-ring (bicyclic) bond motifs is 3. The quantitative estimate of drug-likeness (QED) is 0.928. The first-order chi connectivity index (χ1) is 10.2. The minimum atomic E-state index is 0.0686. The Kier molecular flexibility index (Phi) is 3.34. The molecule has 0 radical (unpaired) electrons. The second-order valence-electron chi connectivity index (χ2n) is 6.37. The average Bonchev–Trinajstić information content (AvgIpc) is 3.01. The number of piperidine rings is 1. The van der Waals surface area contributed by atoms with Crippen LogP contribution in [0.2, 0.25) is 0 Å². The molecule has 2 aromatic rings. The average molecular weight is 303 g/mol. The molecular formula is C16H21N3OS. The number of H-pyrrole nitrogens is 1. The van der Waals surface area contributed by atoms with E-state index in [1.165, 1.54) is 36.1 Å². The molecule has 2 aromatic heterocycles. The summed E-state index contributed by atoms with van der Waals surface area (Å²) in [5.41, 5.74) is 1.33. The highest BCUT2D eigenvalue weighted by atomic mass is 32.1. The molecule has 5 heteroatoms. The molecule has 2 aliphatic rings. The number of rotatable bonds is 2. The molecule has 4 rings (SSSR count). The van der Waals surface area contributed by atoms with Crippen molar-refractivity contribution in [1.29, 1.82) is 0 Å². The van der Waals surface area contributed by atoms with Gasteiger partial charge >= 0.3 is 0 Å². The van der Waals surface area contributed by atoms with E-state index in [4.69, 9.17) is 4.98 Å². The highest BCUT2D eigenvalue weighted by Gasteiger charge is 2.23. The van der Waals surface area contributed by atoms with Gasteiger partial charge in [-0.3, -0.25) is 9.69 Å². The van der Waals surface area contributed by atoms with Crippen molar-refractivity contribution in [2.45, 2.75) is 58.0 Å². The lowest BCUT2D eigenvalue weighted by atomic mass is 10.0. The van der Waals surface area contributed by atoms with Gasteiger partial charge in [-0.15, -0.1) is 11.3 Å². The van der Waals surface area contributed by atoms with E-state index in [2.05, 4.69) is 16.8 Å². The van der Waals surface area contributed by atoms with Crippen LogP contribution in [0.4, 0.5) is 0 Å². The maximum absolute atomic E-state index is 12.4. The summed E-state index contributed by atoms with van der Waals surface area (Å²) in [5, 5.41) is 0.864. The van der Waals surface area contributed by atoms with Crippen LogP contribution in [0.25, 0.3) is 10.2 Å². The van der Waals surface area contributed by atoms with Crippen molar-refractivity contribution in [2.75, 3.05) is 6.54 Å². The monoisotopic (exact) mass is 303 g/mol. The Labute approximate surface area is 128 Å². The SMILES string of the molecule is C[C@H]1CCCCN1Cc1nc2sc3c(c2c(=O)[nH]1)CCC3. The highest BCUT2D eigenvalue weighted by Crippen LogP contribution is 2.34. The van der Waals surface area contributed by atoms with Gasteiger partial charge in [0, 0.05) is 10.9 Å². The van der Waals surface area contributed by atoms with Crippen LogP contribution >= 0.6 is 11.3 Å². The minimum absolute atomic E-state index is 0.0686. The number of likely N-dealkylation sites (tertiary alicyclic amines) is 1. The zero-order valence-corrected chi connectivity index (χ0v) is 13.3. The summed E-state index contributed by atoms with van der Waals surface area (Å²) in [6.07, 6.45) is 7.17. The van der Waals surface area contributed by atoms with Crippen LogP contribution in [-0.4, -0.2) is 27.5 Å². The number of aromatic amines is 1. The summed E-state index contributed by atoms with van der Waals surface area (Å²) in [4.78, 5) is 25.0. The summed E-state index contributed by atoms with van der Waals surface area (Å²) in [5.74, 6) is 0.834. The Morgan fingerprint density at radius 2 is 2.24 bits per heavy atom. The molecule has 0 amide bonds. The zero-order chi connectivity index (χ0) is 14.4. The van der Waals surface area contributed by atoms with Gasteiger partial charge in [-0.05, 0) is 51.1 Å². The second-order valence-corrected chi connectivity index (χ2v) is 7.45. The Morgan fingerprint density at radius 3 is 3.10 bits per heavy atom. The molecule has 4 nitrogen and oxygen atoms in total. The topological polar surface area (TPSA) is 49.0 Å². The van der Waals surface area contributed by atoms with E-state index in [1.807, 2.05) is 0 Å². The number of hydrogen-bond acceptors (Lipinski definition) is 4. The molecule has 3 heterocycles. The summed E-state index contributed by atoms with van der Waals surface area (Å²) >= 11 is 1.73. The van der Waals surface area contributed by atoms with E-state index >= 15 is 0 Å². The van der Waals surface area contributed by atoms with Crippen molar-refractivity contribution in [2.24, 2.45) is 0 Å². The first-order valence-corrected chi connectivity index (χ1v) is 8.81. The molecule has 0 spiro atoms. The maximum atomic E-state index is 12.4. The molecule has 1 aliphatic heterocycles. The Hall–Kier alpha value is -1.20. The van der Waals surface area contributed by atoms with Crippen LogP contribution in [0, 0.1) is 0 Å². The number of aromatic nitrogens is 2. The Bertz CT molecular complexity index is 733.